The minimum Gasteiger partial charge on any atom is -0.422 e. The van der Waals surface area contributed by atoms with E-state index >= 15 is 0 Å². The summed E-state index contributed by atoms with van der Waals surface area (Å²) in [4.78, 5) is 51.0. The summed E-state index contributed by atoms with van der Waals surface area (Å²) >= 11 is 0. The zero-order valence-corrected chi connectivity index (χ0v) is 16.5. The standard InChI is InChI=1S/C21H21NO7/c1-10-5-6-14(11(2)9-10)22-18(25)16-15-7-8-21(29-15,17(16)19(22)26)20(27-12(3)23)28-13(4)24/h5-9,15-17,20H,1-4H3/t15-,16-,17-,21-/m0/s1. The Morgan fingerprint density at radius 1 is 1.10 bits per heavy atom. The molecule has 4 atom stereocenters. The number of esters is 2. The number of carbonyl (C=O) groups excluding carboxylic acids is 4. The van der Waals surface area contributed by atoms with Crippen molar-refractivity contribution in [2.75, 3.05) is 4.90 Å². The lowest BCUT2D eigenvalue weighted by molar-refractivity contribution is -0.226. The van der Waals surface area contributed by atoms with Crippen LogP contribution in [0.3, 0.4) is 0 Å². The van der Waals surface area contributed by atoms with Crippen molar-refractivity contribution in [3.05, 3.63) is 41.5 Å². The number of hydrogen-bond donors (Lipinski definition) is 0. The number of imide groups is 1. The molecule has 1 aromatic rings. The van der Waals surface area contributed by atoms with Crippen molar-refractivity contribution >= 4 is 29.4 Å². The molecule has 0 N–H and O–H groups in total. The van der Waals surface area contributed by atoms with Crippen LogP contribution in [0.15, 0.2) is 30.4 Å². The summed E-state index contributed by atoms with van der Waals surface area (Å²) in [7, 11) is 0. The first-order chi connectivity index (χ1) is 13.7. The predicted octanol–water partition coefficient (Wildman–Crippen LogP) is 1.57. The van der Waals surface area contributed by atoms with Crippen LogP contribution in [0, 0.1) is 25.7 Å². The third-order valence-corrected chi connectivity index (χ3v) is 5.59. The van der Waals surface area contributed by atoms with Crippen molar-refractivity contribution in [3.63, 3.8) is 0 Å². The molecule has 1 aromatic carbocycles. The van der Waals surface area contributed by atoms with Gasteiger partial charge >= 0.3 is 11.9 Å². The summed E-state index contributed by atoms with van der Waals surface area (Å²) in [5.74, 6) is -3.98. The molecule has 2 fully saturated rings. The van der Waals surface area contributed by atoms with Crippen LogP contribution in [-0.2, 0) is 33.4 Å². The Bertz CT molecular complexity index is 952. The molecule has 4 rings (SSSR count). The first-order valence-electron chi connectivity index (χ1n) is 9.32. The molecule has 152 valence electrons. The maximum atomic E-state index is 13.4. The van der Waals surface area contributed by atoms with E-state index in [1.54, 1.807) is 18.2 Å². The first-order valence-corrected chi connectivity index (χ1v) is 9.32. The van der Waals surface area contributed by atoms with Crippen molar-refractivity contribution in [2.45, 2.75) is 45.7 Å². The highest BCUT2D eigenvalue weighted by atomic mass is 16.7. The van der Waals surface area contributed by atoms with Crippen molar-refractivity contribution in [3.8, 4) is 0 Å². The molecule has 29 heavy (non-hydrogen) atoms. The van der Waals surface area contributed by atoms with Crippen molar-refractivity contribution in [1.82, 2.24) is 0 Å². The van der Waals surface area contributed by atoms with Gasteiger partial charge in [-0.2, -0.15) is 0 Å². The smallest absolute Gasteiger partial charge is 0.305 e. The summed E-state index contributed by atoms with van der Waals surface area (Å²) < 4.78 is 16.3. The average Bonchev–Trinajstić information content (AvgIpc) is 3.26. The molecule has 0 saturated carbocycles. The third kappa shape index (κ3) is 2.78. The molecule has 8 heteroatoms. The molecule has 0 spiro atoms. The molecule has 2 bridgehead atoms. The highest BCUT2D eigenvalue weighted by molar-refractivity contribution is 6.23. The van der Waals surface area contributed by atoms with Gasteiger partial charge in [-0.15, -0.1) is 0 Å². The van der Waals surface area contributed by atoms with Crippen LogP contribution in [0.4, 0.5) is 5.69 Å². The van der Waals surface area contributed by atoms with E-state index in [2.05, 4.69) is 0 Å². The summed E-state index contributed by atoms with van der Waals surface area (Å²) in [6.45, 7) is 6.09. The highest BCUT2D eigenvalue weighted by Crippen LogP contribution is 2.54. The lowest BCUT2D eigenvalue weighted by Gasteiger charge is -2.34. The lowest BCUT2D eigenvalue weighted by Crippen LogP contribution is -2.52. The van der Waals surface area contributed by atoms with Gasteiger partial charge in [0.25, 0.3) is 6.29 Å². The molecule has 0 aromatic heterocycles. The Hall–Kier alpha value is -3.00. The first kappa shape index (κ1) is 19.3. The number of ether oxygens (including phenoxy) is 3. The van der Waals surface area contributed by atoms with Gasteiger partial charge in [-0.25, -0.2) is 4.90 Å². The summed E-state index contributed by atoms with van der Waals surface area (Å²) in [6.07, 6.45) is 1.08. The molecule has 0 unspecified atom stereocenters. The van der Waals surface area contributed by atoms with Crippen LogP contribution in [-0.4, -0.2) is 41.7 Å². The second-order valence-electron chi connectivity index (χ2n) is 7.65. The quantitative estimate of drug-likeness (QED) is 0.328. The fourth-order valence-electron chi connectivity index (χ4n) is 4.51. The molecule has 8 nitrogen and oxygen atoms in total. The van der Waals surface area contributed by atoms with E-state index in [0.717, 1.165) is 11.1 Å². The summed E-state index contributed by atoms with van der Waals surface area (Å²) in [5, 5.41) is 0. The van der Waals surface area contributed by atoms with E-state index in [4.69, 9.17) is 14.2 Å². The Labute approximate surface area is 167 Å². The second kappa shape index (κ2) is 6.52. The van der Waals surface area contributed by atoms with Crippen LogP contribution >= 0.6 is 0 Å². The van der Waals surface area contributed by atoms with Crippen molar-refractivity contribution < 1.29 is 33.4 Å². The number of hydrogen-bond acceptors (Lipinski definition) is 7. The largest absolute Gasteiger partial charge is 0.422 e. The van der Waals surface area contributed by atoms with Gasteiger partial charge in [0.15, 0.2) is 5.60 Å². The van der Waals surface area contributed by atoms with Crippen LogP contribution < -0.4 is 4.90 Å². The average molecular weight is 399 g/mol. The molecule has 0 aliphatic carbocycles. The molecule has 2 saturated heterocycles. The van der Waals surface area contributed by atoms with Crippen molar-refractivity contribution in [1.29, 1.82) is 0 Å². The van der Waals surface area contributed by atoms with E-state index in [1.165, 1.54) is 18.7 Å². The maximum absolute atomic E-state index is 13.4. The van der Waals surface area contributed by atoms with E-state index in [9.17, 15) is 19.2 Å². The van der Waals surface area contributed by atoms with E-state index in [0.29, 0.717) is 5.69 Å². The molecule has 0 radical (unpaired) electrons. The van der Waals surface area contributed by atoms with Gasteiger partial charge in [-0.3, -0.25) is 19.2 Å². The van der Waals surface area contributed by atoms with Gasteiger partial charge < -0.3 is 14.2 Å². The Kier molecular flexibility index (Phi) is 4.34. The molecule has 3 aliphatic rings. The minimum atomic E-state index is -1.53. The highest BCUT2D eigenvalue weighted by Gasteiger charge is 2.72. The van der Waals surface area contributed by atoms with Crippen LogP contribution in [0.1, 0.15) is 25.0 Å². The second-order valence-corrected chi connectivity index (χ2v) is 7.65. The molecule has 3 heterocycles. The Morgan fingerprint density at radius 2 is 1.76 bits per heavy atom. The third-order valence-electron chi connectivity index (χ3n) is 5.59. The van der Waals surface area contributed by atoms with E-state index in [1.807, 2.05) is 26.0 Å². The molecule has 3 aliphatic heterocycles. The number of rotatable bonds is 4. The Balaban J connectivity index is 1.76. The van der Waals surface area contributed by atoms with E-state index < -0.39 is 47.7 Å². The number of benzene rings is 1. The summed E-state index contributed by atoms with van der Waals surface area (Å²) in [6, 6.07) is 5.46. The van der Waals surface area contributed by atoms with Gasteiger partial charge in [-0.1, -0.05) is 23.8 Å². The lowest BCUT2D eigenvalue weighted by atomic mass is 9.76. The molecule has 2 amide bonds. The minimum absolute atomic E-state index is 0.382. The maximum Gasteiger partial charge on any atom is 0.305 e. The van der Waals surface area contributed by atoms with Crippen LogP contribution in [0.2, 0.25) is 0 Å². The van der Waals surface area contributed by atoms with Crippen molar-refractivity contribution in [2.24, 2.45) is 11.8 Å². The topological polar surface area (TPSA) is 99.2 Å². The van der Waals surface area contributed by atoms with E-state index in [-0.39, 0.29) is 5.91 Å². The predicted molar refractivity (Wildman–Crippen MR) is 99.5 cm³/mol. The van der Waals surface area contributed by atoms with Crippen LogP contribution in [0.5, 0.6) is 0 Å². The number of anilines is 1. The SMILES string of the molecule is CC(=O)OC(OC(C)=O)[C@@]12C=C[C@H](O1)[C@@H]1C(=O)N(c3ccc(C)cc3C)C(=O)[C@H]12. The number of aryl methyl sites for hydroxylation is 2. The fraction of sp³-hybridized carbons (Fsp3) is 0.429. The monoisotopic (exact) mass is 399 g/mol. The number of fused-ring (bicyclic) bond motifs is 5. The van der Waals surface area contributed by atoms with Crippen LogP contribution in [0.25, 0.3) is 0 Å². The normalized spacial score (nSPS) is 29.6. The van der Waals surface area contributed by atoms with Gasteiger partial charge in [0.05, 0.1) is 23.6 Å². The van der Waals surface area contributed by atoms with Gasteiger partial charge in [0.1, 0.15) is 0 Å². The van der Waals surface area contributed by atoms with Gasteiger partial charge in [-0.05, 0) is 31.6 Å². The zero-order valence-electron chi connectivity index (χ0n) is 16.5. The zero-order chi connectivity index (χ0) is 21.1. The van der Waals surface area contributed by atoms with Gasteiger partial charge in [0, 0.05) is 13.8 Å². The molecular formula is C21H21NO7. The number of nitrogens with zero attached hydrogens (tertiary/aromatic N) is 1. The summed E-state index contributed by atoms with van der Waals surface area (Å²) in [5.41, 5.74) is 0.772. The number of amides is 2. The molecular weight excluding hydrogens is 378 g/mol. The number of carbonyl (C=O) groups is 4. The Morgan fingerprint density at radius 3 is 2.34 bits per heavy atom. The van der Waals surface area contributed by atoms with Gasteiger partial charge in [0.2, 0.25) is 11.8 Å². The fourth-order valence-corrected chi connectivity index (χ4v) is 4.51.